The van der Waals surface area contributed by atoms with Crippen LogP contribution >= 0.6 is 31.9 Å². The van der Waals surface area contributed by atoms with E-state index in [1.807, 2.05) is 72.8 Å². The molecule has 0 atom stereocenters. The molecular weight excluding hydrogens is 508 g/mol. The number of hydrogen-bond donors (Lipinski definition) is 2. The quantitative estimate of drug-likeness (QED) is 0.238. The second kappa shape index (κ2) is 9.60. The van der Waals surface area contributed by atoms with Crippen molar-refractivity contribution in [3.8, 4) is 0 Å². The highest BCUT2D eigenvalue weighted by atomic mass is 79.9. The third kappa shape index (κ3) is 5.08. The molecule has 148 valence electrons. The third-order valence-corrected chi connectivity index (χ3v) is 5.25. The van der Waals surface area contributed by atoms with Gasteiger partial charge >= 0.3 is 0 Å². The molecule has 0 aliphatic heterocycles. The molecule has 3 aromatic carbocycles. The van der Waals surface area contributed by atoms with Crippen molar-refractivity contribution >= 4 is 66.7 Å². The summed E-state index contributed by atoms with van der Waals surface area (Å²) < 4.78 is 2.05. The molecule has 1 heterocycles. The van der Waals surface area contributed by atoms with E-state index in [0.717, 1.165) is 30.8 Å². The van der Waals surface area contributed by atoms with Gasteiger partial charge in [0.25, 0.3) is 0 Å². The maximum atomic E-state index is 4.28. The first-order valence-electron chi connectivity index (χ1n) is 9.04. The summed E-state index contributed by atoms with van der Waals surface area (Å²) in [5.74, 6) is 1.14. The predicted octanol–water partition coefficient (Wildman–Crippen LogP) is 6.05. The second-order valence-corrected chi connectivity index (χ2v) is 8.12. The summed E-state index contributed by atoms with van der Waals surface area (Å²) in [6.45, 7) is 0. The summed E-state index contributed by atoms with van der Waals surface area (Å²) in [5.41, 5.74) is 7.91. The van der Waals surface area contributed by atoms with Crippen LogP contribution in [-0.4, -0.2) is 22.6 Å². The molecule has 30 heavy (non-hydrogen) atoms. The van der Waals surface area contributed by atoms with Gasteiger partial charge in [0.1, 0.15) is 0 Å². The number of anilines is 2. The minimum atomic E-state index is 0.571. The molecule has 4 aromatic rings. The van der Waals surface area contributed by atoms with Crippen LogP contribution in [0.25, 0.3) is 10.8 Å². The van der Waals surface area contributed by atoms with E-state index in [-0.39, 0.29) is 0 Å². The molecule has 0 saturated carbocycles. The van der Waals surface area contributed by atoms with Gasteiger partial charge in [0.15, 0.2) is 11.6 Å². The number of fused-ring (bicyclic) bond motifs is 1. The number of rotatable bonds is 6. The van der Waals surface area contributed by atoms with E-state index in [1.54, 1.807) is 12.4 Å². The van der Waals surface area contributed by atoms with Crippen molar-refractivity contribution in [3.63, 3.8) is 0 Å². The van der Waals surface area contributed by atoms with Crippen molar-refractivity contribution in [2.75, 3.05) is 10.9 Å². The van der Waals surface area contributed by atoms with Crippen LogP contribution in [0, 0.1) is 0 Å². The summed E-state index contributed by atoms with van der Waals surface area (Å²) in [6, 6.07) is 23.5. The average molecular weight is 524 g/mol. The van der Waals surface area contributed by atoms with Gasteiger partial charge in [-0.25, -0.2) is 0 Å². The predicted molar refractivity (Wildman–Crippen MR) is 130 cm³/mol. The van der Waals surface area contributed by atoms with E-state index in [4.69, 9.17) is 0 Å². The lowest BCUT2D eigenvalue weighted by atomic mass is 10.2. The smallest absolute Gasteiger partial charge is 0.176 e. The number of nitrogens with one attached hydrogen (secondary N) is 2. The Labute approximate surface area is 190 Å². The van der Waals surface area contributed by atoms with Gasteiger partial charge in [-0.15, -0.1) is 10.2 Å². The third-order valence-electron chi connectivity index (χ3n) is 4.20. The van der Waals surface area contributed by atoms with Crippen molar-refractivity contribution in [1.82, 2.24) is 10.2 Å². The number of hydrazone groups is 2. The van der Waals surface area contributed by atoms with Crippen LogP contribution in [0.15, 0.2) is 91.9 Å². The number of aromatic nitrogens is 2. The first-order valence-corrected chi connectivity index (χ1v) is 10.6. The topological polar surface area (TPSA) is 74.6 Å². The zero-order valence-corrected chi connectivity index (χ0v) is 18.8. The molecule has 0 aliphatic carbocycles. The van der Waals surface area contributed by atoms with E-state index in [9.17, 15) is 0 Å². The van der Waals surface area contributed by atoms with Crippen molar-refractivity contribution in [2.24, 2.45) is 10.2 Å². The zero-order valence-electron chi connectivity index (χ0n) is 15.6. The van der Waals surface area contributed by atoms with Gasteiger partial charge in [-0.2, -0.15) is 10.2 Å². The summed E-state index contributed by atoms with van der Waals surface area (Å²) in [5, 5.41) is 18.9. The first-order chi connectivity index (χ1) is 14.7. The fraction of sp³-hybridized carbons (Fsp3) is 0. The highest BCUT2D eigenvalue weighted by Gasteiger charge is 2.07. The molecule has 0 unspecified atom stereocenters. The lowest BCUT2D eigenvalue weighted by Crippen LogP contribution is -2.01. The summed E-state index contributed by atoms with van der Waals surface area (Å²) >= 11 is 6.84. The van der Waals surface area contributed by atoms with Gasteiger partial charge < -0.3 is 0 Å². The first kappa shape index (κ1) is 20.2. The Balaban J connectivity index is 1.52. The minimum Gasteiger partial charge on any atom is -0.259 e. The zero-order chi connectivity index (χ0) is 20.8. The molecule has 0 saturated heterocycles. The molecule has 6 nitrogen and oxygen atoms in total. The maximum Gasteiger partial charge on any atom is 0.176 e. The minimum absolute atomic E-state index is 0.571. The van der Waals surface area contributed by atoms with Crippen molar-refractivity contribution in [3.05, 3.63) is 92.9 Å². The molecule has 0 aliphatic rings. The SMILES string of the molecule is Brc1ccc(C=NNc2nnc(NN=Cc3ccc(Br)cc3)c3ccccc23)cc1. The molecule has 0 bridgehead atoms. The molecule has 0 radical (unpaired) electrons. The highest BCUT2D eigenvalue weighted by Crippen LogP contribution is 2.26. The molecule has 2 N–H and O–H groups in total. The van der Waals surface area contributed by atoms with Gasteiger partial charge in [0.05, 0.1) is 12.4 Å². The normalized spacial score (nSPS) is 11.4. The largest absolute Gasteiger partial charge is 0.259 e. The lowest BCUT2D eigenvalue weighted by molar-refractivity contribution is 1.03. The Morgan fingerprint density at radius 2 is 1.00 bits per heavy atom. The van der Waals surface area contributed by atoms with Crippen LogP contribution in [0.3, 0.4) is 0 Å². The molecule has 4 rings (SSSR count). The Bertz CT molecular complexity index is 1110. The average Bonchev–Trinajstić information content (AvgIpc) is 2.77. The van der Waals surface area contributed by atoms with Crippen molar-refractivity contribution in [2.45, 2.75) is 0 Å². The van der Waals surface area contributed by atoms with Crippen LogP contribution in [0.4, 0.5) is 11.6 Å². The van der Waals surface area contributed by atoms with Gasteiger partial charge in [-0.3, -0.25) is 10.9 Å². The molecular formula is C22H16Br2N6. The summed E-state index contributed by atoms with van der Waals surface area (Å²) in [6.07, 6.45) is 3.47. The van der Waals surface area contributed by atoms with Crippen LogP contribution in [0.2, 0.25) is 0 Å². The monoisotopic (exact) mass is 522 g/mol. The van der Waals surface area contributed by atoms with Crippen LogP contribution in [-0.2, 0) is 0 Å². The van der Waals surface area contributed by atoms with E-state index < -0.39 is 0 Å². The van der Waals surface area contributed by atoms with Crippen LogP contribution < -0.4 is 10.9 Å². The number of benzene rings is 3. The summed E-state index contributed by atoms with van der Waals surface area (Å²) in [4.78, 5) is 0. The van der Waals surface area contributed by atoms with E-state index >= 15 is 0 Å². The van der Waals surface area contributed by atoms with Gasteiger partial charge in [0.2, 0.25) is 0 Å². The highest BCUT2D eigenvalue weighted by molar-refractivity contribution is 9.10. The number of halogens is 2. The van der Waals surface area contributed by atoms with Crippen LogP contribution in [0.1, 0.15) is 11.1 Å². The standard InChI is InChI=1S/C22H16Br2N6/c23-17-9-5-15(6-10-17)13-25-27-21-19-3-1-2-4-20(19)22(30-29-21)28-26-14-16-7-11-18(24)12-8-16/h1-14H,(H,27,29)(H,28,30). The van der Waals surface area contributed by atoms with Crippen LogP contribution in [0.5, 0.6) is 0 Å². The molecule has 0 fully saturated rings. The van der Waals surface area contributed by atoms with E-state index in [0.29, 0.717) is 11.6 Å². The van der Waals surface area contributed by atoms with E-state index in [1.165, 1.54) is 0 Å². The van der Waals surface area contributed by atoms with Gasteiger partial charge in [0, 0.05) is 19.7 Å². The van der Waals surface area contributed by atoms with E-state index in [2.05, 4.69) is 63.1 Å². The number of nitrogens with zero attached hydrogens (tertiary/aromatic N) is 4. The fourth-order valence-corrected chi connectivity index (χ4v) is 3.23. The van der Waals surface area contributed by atoms with Crippen molar-refractivity contribution < 1.29 is 0 Å². The molecule has 0 amide bonds. The Morgan fingerprint density at radius 1 is 0.600 bits per heavy atom. The lowest BCUT2D eigenvalue weighted by Gasteiger charge is -2.08. The van der Waals surface area contributed by atoms with Crippen molar-refractivity contribution in [1.29, 1.82) is 0 Å². The molecule has 8 heteroatoms. The fourth-order valence-electron chi connectivity index (χ4n) is 2.70. The Morgan fingerprint density at radius 3 is 1.40 bits per heavy atom. The Kier molecular flexibility index (Phi) is 6.46. The second-order valence-electron chi connectivity index (χ2n) is 6.29. The Hall–Kier alpha value is -3.10. The molecule has 0 spiro atoms. The molecule has 1 aromatic heterocycles. The van der Waals surface area contributed by atoms with Gasteiger partial charge in [-0.05, 0) is 35.4 Å². The maximum absolute atomic E-state index is 4.28. The number of hydrogen-bond acceptors (Lipinski definition) is 6. The summed E-state index contributed by atoms with van der Waals surface area (Å²) in [7, 11) is 0. The van der Waals surface area contributed by atoms with Gasteiger partial charge in [-0.1, -0.05) is 80.4 Å².